The van der Waals surface area contributed by atoms with Crippen molar-refractivity contribution in [3.63, 3.8) is 0 Å². The fourth-order valence-electron chi connectivity index (χ4n) is 1.45. The van der Waals surface area contributed by atoms with E-state index in [4.69, 9.17) is 4.55 Å². The highest BCUT2D eigenvalue weighted by atomic mass is 32.3. The molecular weight excluding hydrogens is 210 g/mol. The molecular formula is C7H13NO5S. The minimum absolute atomic E-state index is 0.343. The van der Waals surface area contributed by atoms with E-state index < -0.39 is 22.4 Å². The third kappa shape index (κ3) is 3.60. The van der Waals surface area contributed by atoms with Crippen LogP contribution in [0.5, 0.6) is 0 Å². The Morgan fingerprint density at radius 3 is 2.71 bits per heavy atom. The molecule has 1 saturated heterocycles. The molecule has 0 spiro atoms. The van der Waals surface area contributed by atoms with Crippen molar-refractivity contribution in [1.82, 2.24) is 5.32 Å². The second kappa shape index (κ2) is 4.24. The predicted octanol–water partition coefficient (Wildman–Crippen LogP) is -0.280. The van der Waals surface area contributed by atoms with E-state index in [2.05, 4.69) is 9.50 Å². The topological polar surface area (TPSA) is 92.7 Å². The van der Waals surface area contributed by atoms with E-state index in [1.165, 1.54) is 0 Å². The van der Waals surface area contributed by atoms with Gasteiger partial charge < -0.3 is 9.50 Å². The van der Waals surface area contributed by atoms with Crippen molar-refractivity contribution < 1.29 is 21.9 Å². The minimum atomic E-state index is -4.68. The van der Waals surface area contributed by atoms with Gasteiger partial charge in [0.2, 0.25) is 0 Å². The first-order valence-corrected chi connectivity index (χ1v) is 5.69. The van der Waals surface area contributed by atoms with Crippen molar-refractivity contribution in [1.29, 1.82) is 0 Å². The monoisotopic (exact) mass is 223 g/mol. The van der Waals surface area contributed by atoms with Gasteiger partial charge in [-0.05, 0) is 25.3 Å². The summed E-state index contributed by atoms with van der Waals surface area (Å²) in [6.45, 7) is 2.61. The van der Waals surface area contributed by atoms with Crippen molar-refractivity contribution in [2.24, 2.45) is 5.92 Å². The van der Waals surface area contributed by atoms with Gasteiger partial charge >= 0.3 is 16.4 Å². The quantitative estimate of drug-likeness (QED) is 0.625. The molecule has 2 unspecified atom stereocenters. The Hall–Kier alpha value is -0.660. The summed E-state index contributed by atoms with van der Waals surface area (Å²) in [6, 6.07) is -0.638. The number of piperidine rings is 1. The molecule has 1 fully saturated rings. The van der Waals surface area contributed by atoms with E-state index >= 15 is 0 Å². The van der Waals surface area contributed by atoms with Gasteiger partial charge in [-0.15, -0.1) is 0 Å². The van der Waals surface area contributed by atoms with Crippen molar-refractivity contribution >= 4 is 16.4 Å². The van der Waals surface area contributed by atoms with Crippen LogP contribution in [0.15, 0.2) is 0 Å². The van der Waals surface area contributed by atoms with E-state index in [0.717, 1.165) is 6.42 Å². The van der Waals surface area contributed by atoms with Crippen molar-refractivity contribution in [3.8, 4) is 0 Å². The molecule has 1 rings (SSSR count). The van der Waals surface area contributed by atoms with Crippen LogP contribution in [0.25, 0.3) is 0 Å². The number of hydrogen-bond donors (Lipinski definition) is 2. The fourth-order valence-corrected chi connectivity index (χ4v) is 1.77. The molecule has 0 radical (unpaired) electrons. The molecule has 0 bridgehead atoms. The number of hydrogen-bond acceptors (Lipinski definition) is 5. The van der Waals surface area contributed by atoms with E-state index in [1.807, 2.05) is 6.92 Å². The highest BCUT2D eigenvalue weighted by Crippen LogP contribution is 2.16. The van der Waals surface area contributed by atoms with E-state index in [1.54, 1.807) is 0 Å². The van der Waals surface area contributed by atoms with Crippen LogP contribution in [0.1, 0.15) is 19.8 Å². The van der Waals surface area contributed by atoms with Crippen LogP contribution < -0.4 is 5.32 Å². The third-order valence-corrected chi connectivity index (χ3v) is 2.51. The molecule has 1 heterocycles. The molecule has 7 heteroatoms. The largest absolute Gasteiger partial charge is 0.449 e. The first kappa shape index (κ1) is 11.4. The molecule has 1 aliphatic rings. The summed E-state index contributed by atoms with van der Waals surface area (Å²) in [5.41, 5.74) is 0. The Balaban J connectivity index is 2.52. The van der Waals surface area contributed by atoms with Gasteiger partial charge in [-0.2, -0.15) is 8.42 Å². The Kier molecular flexibility index (Phi) is 3.46. The van der Waals surface area contributed by atoms with E-state index in [0.29, 0.717) is 18.9 Å². The van der Waals surface area contributed by atoms with E-state index in [9.17, 15) is 13.2 Å². The minimum Gasteiger partial charge on any atom is -0.323 e. The van der Waals surface area contributed by atoms with E-state index in [-0.39, 0.29) is 0 Å². The van der Waals surface area contributed by atoms with Gasteiger partial charge in [-0.3, -0.25) is 4.55 Å². The van der Waals surface area contributed by atoms with Crippen LogP contribution in [-0.4, -0.2) is 31.5 Å². The Labute approximate surface area is 82.6 Å². The van der Waals surface area contributed by atoms with Crippen molar-refractivity contribution in [2.75, 3.05) is 6.54 Å². The zero-order valence-electron chi connectivity index (χ0n) is 7.76. The lowest BCUT2D eigenvalue weighted by atomic mass is 9.94. The van der Waals surface area contributed by atoms with Crippen LogP contribution >= 0.6 is 0 Å². The maximum absolute atomic E-state index is 11.1. The highest BCUT2D eigenvalue weighted by Gasteiger charge is 2.28. The highest BCUT2D eigenvalue weighted by molar-refractivity contribution is 7.81. The van der Waals surface area contributed by atoms with Crippen molar-refractivity contribution in [2.45, 2.75) is 25.8 Å². The molecule has 1 aliphatic heterocycles. The molecule has 0 aromatic heterocycles. The number of rotatable bonds is 2. The smallest absolute Gasteiger partial charge is 0.323 e. The molecule has 14 heavy (non-hydrogen) atoms. The molecule has 0 amide bonds. The second-order valence-electron chi connectivity index (χ2n) is 3.47. The first-order valence-electron chi connectivity index (χ1n) is 4.32. The van der Waals surface area contributed by atoms with Gasteiger partial charge in [-0.25, -0.2) is 4.79 Å². The van der Waals surface area contributed by atoms with Crippen LogP contribution in [0.3, 0.4) is 0 Å². The zero-order chi connectivity index (χ0) is 10.8. The average Bonchev–Trinajstić information content (AvgIpc) is 2.01. The lowest BCUT2D eigenvalue weighted by Gasteiger charge is -2.25. The third-order valence-electron chi connectivity index (χ3n) is 2.14. The molecule has 0 aliphatic carbocycles. The van der Waals surface area contributed by atoms with Gasteiger partial charge in [0.15, 0.2) is 0 Å². The molecule has 6 nitrogen and oxygen atoms in total. The summed E-state index contributed by atoms with van der Waals surface area (Å²) in [4.78, 5) is 11.1. The summed E-state index contributed by atoms with van der Waals surface area (Å²) in [6.07, 6.45) is 1.46. The van der Waals surface area contributed by atoms with Gasteiger partial charge in [-0.1, -0.05) is 6.92 Å². The normalized spacial score (nSPS) is 28.4. The molecule has 0 aromatic rings. The summed E-state index contributed by atoms with van der Waals surface area (Å²) in [5.74, 6) is -0.603. The molecule has 2 atom stereocenters. The molecule has 2 N–H and O–H groups in total. The van der Waals surface area contributed by atoms with Gasteiger partial charge in [0.05, 0.1) is 0 Å². The van der Waals surface area contributed by atoms with Crippen LogP contribution in [0.2, 0.25) is 0 Å². The second-order valence-corrected chi connectivity index (χ2v) is 4.49. The number of carbonyl (C=O) groups is 1. The first-order chi connectivity index (χ1) is 6.38. The maximum Gasteiger partial charge on any atom is 0.449 e. The zero-order valence-corrected chi connectivity index (χ0v) is 8.58. The van der Waals surface area contributed by atoms with Crippen molar-refractivity contribution in [3.05, 3.63) is 0 Å². The number of carbonyl (C=O) groups excluding carboxylic acids is 1. The molecule has 82 valence electrons. The lowest BCUT2D eigenvalue weighted by Crippen LogP contribution is -2.44. The predicted molar refractivity (Wildman–Crippen MR) is 47.8 cm³/mol. The lowest BCUT2D eigenvalue weighted by molar-refractivity contribution is -0.137. The Morgan fingerprint density at radius 1 is 1.57 bits per heavy atom. The SMILES string of the molecule is CC1CCNC(C(=O)OS(=O)(=O)O)C1. The van der Waals surface area contributed by atoms with Gasteiger partial charge in [0.1, 0.15) is 6.04 Å². The van der Waals surface area contributed by atoms with Crippen LogP contribution in [0.4, 0.5) is 0 Å². The molecule has 0 aromatic carbocycles. The summed E-state index contributed by atoms with van der Waals surface area (Å²) in [5, 5.41) is 2.82. The van der Waals surface area contributed by atoms with Crippen LogP contribution in [0, 0.1) is 5.92 Å². The maximum atomic E-state index is 11.1. The Morgan fingerprint density at radius 2 is 2.21 bits per heavy atom. The standard InChI is InChI=1S/C7H13NO5S/c1-5-2-3-8-6(4-5)7(9)13-14(10,11)12/h5-6,8H,2-4H2,1H3,(H,10,11,12). The fraction of sp³-hybridized carbons (Fsp3) is 0.857. The Bertz CT molecular complexity index is 312. The number of nitrogens with one attached hydrogen (secondary N) is 1. The van der Waals surface area contributed by atoms with Crippen LogP contribution in [-0.2, 0) is 19.4 Å². The summed E-state index contributed by atoms with van der Waals surface area (Å²) < 4.78 is 32.6. The van der Waals surface area contributed by atoms with Gasteiger partial charge in [0, 0.05) is 0 Å². The summed E-state index contributed by atoms with van der Waals surface area (Å²) in [7, 11) is -4.68. The summed E-state index contributed by atoms with van der Waals surface area (Å²) >= 11 is 0. The molecule has 0 saturated carbocycles. The average molecular weight is 223 g/mol. The van der Waals surface area contributed by atoms with Gasteiger partial charge in [0.25, 0.3) is 0 Å².